The van der Waals surface area contributed by atoms with Gasteiger partial charge in [0.2, 0.25) is 0 Å². The zero-order chi connectivity index (χ0) is 19.8. The number of aryl methyl sites for hydroxylation is 1. The molecule has 0 spiro atoms. The van der Waals surface area contributed by atoms with Crippen molar-refractivity contribution >= 4 is 40.1 Å². The van der Waals surface area contributed by atoms with E-state index in [1.54, 1.807) is 16.9 Å². The fourth-order valence-electron chi connectivity index (χ4n) is 3.22. The van der Waals surface area contributed by atoms with Crippen LogP contribution in [0.2, 0.25) is 10.0 Å². The third-order valence-electron chi connectivity index (χ3n) is 4.60. The first kappa shape index (κ1) is 18.5. The minimum Gasteiger partial charge on any atom is -0.478 e. The Morgan fingerprint density at radius 1 is 1.07 bits per heavy atom. The molecule has 0 atom stereocenters. The fourth-order valence-corrected chi connectivity index (χ4v) is 3.69. The summed E-state index contributed by atoms with van der Waals surface area (Å²) in [6.45, 7) is 2.48. The van der Waals surface area contributed by atoms with Crippen molar-refractivity contribution in [3.8, 4) is 11.1 Å². The maximum absolute atomic E-state index is 11.9. The van der Waals surface area contributed by atoms with Crippen molar-refractivity contribution in [1.29, 1.82) is 0 Å². The second kappa shape index (κ2) is 7.30. The van der Waals surface area contributed by atoms with Gasteiger partial charge in [0.25, 0.3) is 0 Å². The quantitative estimate of drug-likeness (QED) is 0.444. The molecule has 1 aromatic heterocycles. The highest BCUT2D eigenvalue weighted by Crippen LogP contribution is 2.32. The number of aromatic nitrogens is 2. The normalized spacial score (nSPS) is 11.1. The standard InChI is InChI=1S/C22H16Cl2N2O2/c1-13-2-7-17(20(24)8-13)15-9-18(22(27)28)19-12-26(25-21(19)10-15)11-14-3-5-16(23)6-4-14/h2-10,12H,11H2,1H3,(H,27,28). The number of hydrogen-bond donors (Lipinski definition) is 1. The first-order chi connectivity index (χ1) is 13.4. The summed E-state index contributed by atoms with van der Waals surface area (Å²) in [7, 11) is 0. The molecule has 140 valence electrons. The molecular weight excluding hydrogens is 395 g/mol. The predicted octanol–water partition coefficient (Wildman–Crippen LogP) is 6.07. The van der Waals surface area contributed by atoms with Crippen molar-refractivity contribution in [2.75, 3.05) is 0 Å². The van der Waals surface area contributed by atoms with Gasteiger partial charge in [0.1, 0.15) is 0 Å². The van der Waals surface area contributed by atoms with E-state index < -0.39 is 5.97 Å². The molecule has 1 N–H and O–H groups in total. The molecule has 28 heavy (non-hydrogen) atoms. The Balaban J connectivity index is 1.81. The van der Waals surface area contributed by atoms with Gasteiger partial charge in [-0.15, -0.1) is 0 Å². The first-order valence-electron chi connectivity index (χ1n) is 8.66. The Bertz CT molecular complexity index is 1200. The van der Waals surface area contributed by atoms with Crippen LogP contribution in [0, 0.1) is 6.92 Å². The van der Waals surface area contributed by atoms with Gasteiger partial charge < -0.3 is 5.11 Å². The molecule has 0 saturated heterocycles. The van der Waals surface area contributed by atoms with Crippen molar-refractivity contribution in [3.63, 3.8) is 0 Å². The van der Waals surface area contributed by atoms with Gasteiger partial charge in [0.15, 0.2) is 0 Å². The average molecular weight is 411 g/mol. The molecule has 0 fully saturated rings. The number of rotatable bonds is 4. The van der Waals surface area contributed by atoms with Crippen molar-refractivity contribution in [2.24, 2.45) is 0 Å². The van der Waals surface area contributed by atoms with Crippen LogP contribution in [0.3, 0.4) is 0 Å². The van der Waals surface area contributed by atoms with Gasteiger partial charge in [0, 0.05) is 27.2 Å². The third-order valence-corrected chi connectivity index (χ3v) is 5.16. The molecular formula is C22H16Cl2N2O2. The molecule has 0 aliphatic carbocycles. The highest BCUT2D eigenvalue weighted by atomic mass is 35.5. The minimum absolute atomic E-state index is 0.200. The lowest BCUT2D eigenvalue weighted by Crippen LogP contribution is -1.99. The molecule has 0 saturated carbocycles. The van der Waals surface area contributed by atoms with Crippen molar-refractivity contribution in [1.82, 2.24) is 9.78 Å². The van der Waals surface area contributed by atoms with Gasteiger partial charge in [-0.1, -0.05) is 47.5 Å². The van der Waals surface area contributed by atoms with E-state index in [1.165, 1.54) is 0 Å². The van der Waals surface area contributed by atoms with Gasteiger partial charge in [0.05, 0.1) is 17.6 Å². The zero-order valence-corrected chi connectivity index (χ0v) is 16.5. The van der Waals surface area contributed by atoms with Crippen LogP contribution in [0.1, 0.15) is 21.5 Å². The number of nitrogens with zero attached hydrogens (tertiary/aromatic N) is 2. The van der Waals surface area contributed by atoms with Gasteiger partial charge in [-0.2, -0.15) is 5.10 Å². The van der Waals surface area contributed by atoms with E-state index >= 15 is 0 Å². The predicted molar refractivity (Wildman–Crippen MR) is 112 cm³/mol. The largest absolute Gasteiger partial charge is 0.478 e. The van der Waals surface area contributed by atoms with Crippen LogP contribution in [0.4, 0.5) is 0 Å². The van der Waals surface area contributed by atoms with Crippen LogP contribution in [0.15, 0.2) is 60.8 Å². The number of carboxylic acid groups (broad SMARTS) is 1. The number of benzene rings is 3. The molecule has 0 unspecified atom stereocenters. The van der Waals surface area contributed by atoms with Crippen LogP contribution >= 0.6 is 23.2 Å². The molecule has 6 heteroatoms. The smallest absolute Gasteiger partial charge is 0.336 e. The Hall–Kier alpha value is -2.82. The highest BCUT2D eigenvalue weighted by Gasteiger charge is 2.16. The van der Waals surface area contributed by atoms with Crippen molar-refractivity contribution in [2.45, 2.75) is 13.5 Å². The molecule has 4 nitrogen and oxygen atoms in total. The summed E-state index contributed by atoms with van der Waals surface area (Å²) in [4.78, 5) is 11.9. The molecule has 4 rings (SSSR count). The van der Waals surface area contributed by atoms with Crippen LogP contribution in [-0.2, 0) is 6.54 Å². The maximum Gasteiger partial charge on any atom is 0.336 e. The molecule has 4 aromatic rings. The maximum atomic E-state index is 11.9. The summed E-state index contributed by atoms with van der Waals surface area (Å²) >= 11 is 12.3. The molecule has 0 aliphatic rings. The summed E-state index contributed by atoms with van der Waals surface area (Å²) < 4.78 is 1.74. The van der Waals surface area contributed by atoms with E-state index in [4.69, 9.17) is 23.2 Å². The van der Waals surface area contributed by atoms with Crippen LogP contribution in [0.25, 0.3) is 22.0 Å². The summed E-state index contributed by atoms with van der Waals surface area (Å²) in [6.07, 6.45) is 1.76. The third kappa shape index (κ3) is 3.61. The molecule has 3 aromatic carbocycles. The van der Waals surface area contributed by atoms with Gasteiger partial charge in [-0.3, -0.25) is 4.68 Å². The van der Waals surface area contributed by atoms with E-state index in [-0.39, 0.29) is 5.56 Å². The number of hydrogen-bond acceptors (Lipinski definition) is 2. The lowest BCUT2D eigenvalue weighted by Gasteiger charge is -2.07. The summed E-state index contributed by atoms with van der Waals surface area (Å²) in [5, 5.41) is 16.1. The molecule has 0 aliphatic heterocycles. The van der Waals surface area contributed by atoms with E-state index in [2.05, 4.69) is 5.10 Å². The molecule has 0 bridgehead atoms. The van der Waals surface area contributed by atoms with Gasteiger partial charge >= 0.3 is 5.97 Å². The van der Waals surface area contributed by atoms with E-state index in [0.29, 0.717) is 27.5 Å². The number of halogens is 2. The second-order valence-corrected chi connectivity index (χ2v) is 7.54. The second-order valence-electron chi connectivity index (χ2n) is 6.70. The van der Waals surface area contributed by atoms with E-state index in [9.17, 15) is 9.90 Å². The van der Waals surface area contributed by atoms with Crippen molar-refractivity contribution in [3.05, 3.63) is 87.5 Å². The molecule has 0 radical (unpaired) electrons. The summed E-state index contributed by atoms with van der Waals surface area (Å²) in [6, 6.07) is 16.7. The molecule has 1 heterocycles. The monoisotopic (exact) mass is 410 g/mol. The highest BCUT2D eigenvalue weighted by molar-refractivity contribution is 6.33. The lowest BCUT2D eigenvalue weighted by molar-refractivity contribution is 0.0699. The summed E-state index contributed by atoms with van der Waals surface area (Å²) in [5.74, 6) is -0.999. The Kier molecular flexibility index (Phi) is 4.84. The van der Waals surface area contributed by atoms with Crippen molar-refractivity contribution < 1.29 is 9.90 Å². The zero-order valence-electron chi connectivity index (χ0n) is 15.0. The molecule has 0 amide bonds. The Labute approximate surface area is 171 Å². The summed E-state index contributed by atoms with van der Waals surface area (Å²) in [5.41, 5.74) is 4.39. The van der Waals surface area contributed by atoms with Gasteiger partial charge in [-0.05, 0) is 53.9 Å². The topological polar surface area (TPSA) is 55.1 Å². The number of fused-ring (bicyclic) bond motifs is 1. The lowest BCUT2D eigenvalue weighted by atomic mass is 9.99. The van der Waals surface area contributed by atoms with E-state index in [1.807, 2.05) is 55.5 Å². The van der Waals surface area contributed by atoms with Crippen LogP contribution in [0.5, 0.6) is 0 Å². The minimum atomic E-state index is -0.999. The SMILES string of the molecule is Cc1ccc(-c2cc(C(=O)O)c3cn(Cc4ccc(Cl)cc4)nc3c2)c(Cl)c1. The average Bonchev–Trinajstić information content (AvgIpc) is 3.05. The number of carboxylic acids is 1. The first-order valence-corrected chi connectivity index (χ1v) is 9.42. The number of aromatic carboxylic acids is 1. The Morgan fingerprint density at radius 3 is 2.50 bits per heavy atom. The fraction of sp³-hybridized carbons (Fsp3) is 0.0909. The Morgan fingerprint density at radius 2 is 1.82 bits per heavy atom. The van der Waals surface area contributed by atoms with E-state index in [0.717, 1.165) is 22.3 Å². The van der Waals surface area contributed by atoms with Crippen LogP contribution < -0.4 is 0 Å². The van der Waals surface area contributed by atoms with Crippen LogP contribution in [-0.4, -0.2) is 20.9 Å². The number of carbonyl (C=O) groups is 1. The van der Waals surface area contributed by atoms with Gasteiger partial charge in [-0.25, -0.2) is 4.79 Å².